The van der Waals surface area contributed by atoms with Crippen LogP contribution in [0.2, 0.25) is 5.02 Å². The van der Waals surface area contributed by atoms with Crippen LogP contribution in [-0.4, -0.2) is 38.5 Å². The summed E-state index contributed by atoms with van der Waals surface area (Å²) in [6.07, 6.45) is -0.318. The number of aliphatic imine (C=N–C) groups is 1. The van der Waals surface area contributed by atoms with E-state index >= 15 is 0 Å². The number of hydrogen-bond acceptors (Lipinski definition) is 6. The van der Waals surface area contributed by atoms with Crippen LogP contribution in [0, 0.1) is 19.8 Å². The van der Waals surface area contributed by atoms with Crippen LogP contribution >= 0.6 is 11.6 Å². The Bertz CT molecular complexity index is 1280. The zero-order chi connectivity index (χ0) is 24.6. The lowest BCUT2D eigenvalue weighted by molar-refractivity contribution is -0.118. The molecular weight excluding hydrogens is 454 g/mol. The first-order chi connectivity index (χ1) is 16.1. The highest BCUT2D eigenvalue weighted by Gasteiger charge is 2.40. The molecule has 1 aliphatic rings. The van der Waals surface area contributed by atoms with Crippen molar-refractivity contribution in [2.24, 2.45) is 10.9 Å². The van der Waals surface area contributed by atoms with Gasteiger partial charge in [0.05, 0.1) is 12.1 Å². The summed E-state index contributed by atoms with van der Waals surface area (Å²) in [7, 11) is 0. The molecule has 0 aliphatic carbocycles. The molecule has 0 spiro atoms. The number of amides is 1. The van der Waals surface area contributed by atoms with E-state index in [-0.39, 0.29) is 23.8 Å². The number of halogens is 1. The molecular formula is C25H26ClN5O3. The molecule has 9 heteroatoms. The van der Waals surface area contributed by atoms with Crippen LogP contribution < -0.4 is 5.32 Å². The number of esters is 1. The third-order valence-electron chi connectivity index (χ3n) is 5.58. The molecule has 4 rings (SSSR count). The van der Waals surface area contributed by atoms with Crippen LogP contribution in [-0.2, 0) is 9.53 Å². The van der Waals surface area contributed by atoms with Crippen molar-refractivity contribution in [3.05, 3.63) is 70.0 Å². The van der Waals surface area contributed by atoms with E-state index < -0.39 is 17.9 Å². The van der Waals surface area contributed by atoms with Gasteiger partial charge in [0.15, 0.2) is 0 Å². The minimum Gasteiger partial charge on any atom is -0.457 e. The molecule has 0 saturated heterocycles. The average molecular weight is 480 g/mol. The Hall–Kier alpha value is -3.52. The van der Waals surface area contributed by atoms with Crippen molar-refractivity contribution in [2.75, 3.05) is 5.32 Å². The summed E-state index contributed by atoms with van der Waals surface area (Å²) in [6, 6.07) is 12.4. The van der Waals surface area contributed by atoms with E-state index in [1.807, 2.05) is 44.2 Å². The monoisotopic (exact) mass is 479 g/mol. The molecule has 2 atom stereocenters. The fraction of sp³-hybridized carbons (Fsp3) is 0.320. The van der Waals surface area contributed by atoms with Gasteiger partial charge in [0, 0.05) is 16.4 Å². The van der Waals surface area contributed by atoms with Gasteiger partial charge in [-0.3, -0.25) is 4.79 Å². The lowest BCUT2D eigenvalue weighted by Crippen LogP contribution is -2.39. The maximum atomic E-state index is 13.6. The topological polar surface area (TPSA) is 98.5 Å². The van der Waals surface area contributed by atoms with E-state index in [2.05, 4.69) is 20.4 Å². The van der Waals surface area contributed by atoms with Gasteiger partial charge in [-0.2, -0.15) is 4.98 Å². The maximum Gasteiger partial charge on any atom is 0.378 e. The summed E-state index contributed by atoms with van der Waals surface area (Å²) >= 11 is 6.11. The van der Waals surface area contributed by atoms with Crippen molar-refractivity contribution in [3.63, 3.8) is 0 Å². The summed E-state index contributed by atoms with van der Waals surface area (Å²) < 4.78 is 6.76. The highest BCUT2D eigenvalue weighted by Crippen LogP contribution is 2.37. The number of aromatic nitrogens is 3. The van der Waals surface area contributed by atoms with Gasteiger partial charge < -0.3 is 10.1 Å². The molecule has 0 radical (unpaired) electrons. The molecule has 2 unspecified atom stereocenters. The number of hydrogen-bond donors (Lipinski definition) is 1. The number of ether oxygens (including phenoxy) is 1. The number of fused-ring (bicyclic) bond motifs is 1. The van der Waals surface area contributed by atoms with Crippen LogP contribution in [0.4, 0.5) is 11.6 Å². The summed E-state index contributed by atoms with van der Waals surface area (Å²) in [6.45, 7) is 9.23. The standard InChI is InChI=1S/C25H26ClN5O3/c1-13(2)34-24(33)22-29-25-27-16(5)20(23(32)28-19-11-6-14(3)12-15(19)4)21(31(25)30-22)17-7-9-18(26)10-8-17/h6-13,20-21H,1-5H3,(H,28,32). The third-order valence-corrected chi connectivity index (χ3v) is 5.83. The molecule has 176 valence electrons. The number of carbonyl (C=O) groups is 2. The average Bonchev–Trinajstić information content (AvgIpc) is 3.18. The second kappa shape index (κ2) is 9.38. The zero-order valence-electron chi connectivity index (χ0n) is 19.7. The lowest BCUT2D eigenvalue weighted by atomic mass is 9.87. The highest BCUT2D eigenvalue weighted by atomic mass is 35.5. The Morgan fingerprint density at radius 2 is 1.79 bits per heavy atom. The second-order valence-electron chi connectivity index (χ2n) is 8.67. The van der Waals surface area contributed by atoms with Gasteiger partial charge in [-0.05, 0) is 63.9 Å². The van der Waals surface area contributed by atoms with E-state index in [9.17, 15) is 9.59 Å². The van der Waals surface area contributed by atoms with Crippen LogP contribution in [0.1, 0.15) is 54.1 Å². The van der Waals surface area contributed by atoms with Crippen molar-refractivity contribution in [2.45, 2.75) is 46.8 Å². The minimum atomic E-state index is -0.690. The minimum absolute atomic E-state index is 0.102. The summed E-state index contributed by atoms with van der Waals surface area (Å²) in [5, 5.41) is 8.00. The molecule has 1 aromatic heterocycles. The number of benzene rings is 2. The Kier molecular flexibility index (Phi) is 6.52. The van der Waals surface area contributed by atoms with Gasteiger partial charge in [0.2, 0.25) is 11.9 Å². The van der Waals surface area contributed by atoms with E-state index in [0.717, 1.165) is 22.4 Å². The SMILES string of the molecule is CC1=Nc2nc(C(=O)OC(C)C)nn2C(c2ccc(Cl)cc2)C1C(=O)Nc1ccc(C)cc1C. The van der Waals surface area contributed by atoms with Crippen LogP contribution in [0.3, 0.4) is 0 Å². The molecule has 0 bridgehead atoms. The number of carbonyl (C=O) groups excluding carboxylic acids is 2. The summed E-state index contributed by atoms with van der Waals surface area (Å²) in [5.74, 6) is -1.43. The van der Waals surface area contributed by atoms with Crippen molar-refractivity contribution < 1.29 is 14.3 Å². The number of rotatable bonds is 5. The van der Waals surface area contributed by atoms with E-state index in [0.29, 0.717) is 10.7 Å². The number of aryl methyl sites for hydroxylation is 2. The quantitative estimate of drug-likeness (QED) is 0.515. The molecule has 34 heavy (non-hydrogen) atoms. The Labute approximate surface area is 203 Å². The zero-order valence-corrected chi connectivity index (χ0v) is 20.4. The molecule has 3 aromatic rings. The van der Waals surface area contributed by atoms with E-state index in [4.69, 9.17) is 16.3 Å². The molecule has 0 saturated carbocycles. The van der Waals surface area contributed by atoms with Gasteiger partial charge in [-0.15, -0.1) is 5.10 Å². The third kappa shape index (κ3) is 4.72. The maximum absolute atomic E-state index is 13.6. The van der Waals surface area contributed by atoms with Crippen molar-refractivity contribution >= 4 is 40.8 Å². The van der Waals surface area contributed by atoms with E-state index in [1.54, 1.807) is 32.9 Å². The van der Waals surface area contributed by atoms with E-state index in [1.165, 1.54) is 4.68 Å². The van der Waals surface area contributed by atoms with Gasteiger partial charge in [-0.25, -0.2) is 14.5 Å². The fourth-order valence-electron chi connectivity index (χ4n) is 4.02. The molecule has 0 fully saturated rings. The van der Waals surface area contributed by atoms with Crippen molar-refractivity contribution in [1.82, 2.24) is 14.8 Å². The molecule has 2 aromatic carbocycles. The van der Waals surface area contributed by atoms with Crippen molar-refractivity contribution in [1.29, 1.82) is 0 Å². The van der Waals surface area contributed by atoms with Gasteiger partial charge in [-0.1, -0.05) is 41.4 Å². The second-order valence-corrected chi connectivity index (χ2v) is 9.11. The molecule has 1 amide bonds. The predicted octanol–water partition coefficient (Wildman–Crippen LogP) is 5.06. The van der Waals surface area contributed by atoms with Crippen LogP contribution in [0.15, 0.2) is 47.5 Å². The predicted molar refractivity (Wildman–Crippen MR) is 131 cm³/mol. The smallest absolute Gasteiger partial charge is 0.378 e. The van der Waals surface area contributed by atoms with Gasteiger partial charge in [0.1, 0.15) is 5.92 Å². The molecule has 1 aliphatic heterocycles. The number of anilines is 1. The number of nitrogens with zero attached hydrogens (tertiary/aromatic N) is 4. The van der Waals surface area contributed by atoms with Crippen molar-refractivity contribution in [3.8, 4) is 0 Å². The first-order valence-electron chi connectivity index (χ1n) is 11.0. The highest BCUT2D eigenvalue weighted by molar-refractivity contribution is 6.30. The molecule has 2 heterocycles. The normalized spacial score (nSPS) is 17.2. The first kappa shape index (κ1) is 23.6. The lowest BCUT2D eigenvalue weighted by Gasteiger charge is -2.30. The summed E-state index contributed by atoms with van der Waals surface area (Å²) in [4.78, 5) is 34.8. The van der Waals surface area contributed by atoms with Gasteiger partial charge >= 0.3 is 5.97 Å². The Morgan fingerprint density at radius 3 is 2.44 bits per heavy atom. The van der Waals surface area contributed by atoms with Crippen LogP contribution in [0.25, 0.3) is 0 Å². The van der Waals surface area contributed by atoms with Crippen LogP contribution in [0.5, 0.6) is 0 Å². The van der Waals surface area contributed by atoms with Gasteiger partial charge in [0.25, 0.3) is 5.82 Å². The summed E-state index contributed by atoms with van der Waals surface area (Å²) in [5.41, 5.74) is 4.14. The molecule has 8 nitrogen and oxygen atoms in total. The Morgan fingerprint density at radius 1 is 1.09 bits per heavy atom. The fourth-order valence-corrected chi connectivity index (χ4v) is 4.15. The number of nitrogens with one attached hydrogen (secondary N) is 1. The largest absolute Gasteiger partial charge is 0.457 e. The Balaban J connectivity index is 1.76. The first-order valence-corrected chi connectivity index (χ1v) is 11.4. The molecule has 1 N–H and O–H groups in total.